The van der Waals surface area contributed by atoms with E-state index in [0.717, 1.165) is 31.6 Å². The van der Waals surface area contributed by atoms with E-state index in [1.165, 1.54) is 24.8 Å². The van der Waals surface area contributed by atoms with Crippen LogP contribution in [0.4, 0.5) is 0 Å². The van der Waals surface area contributed by atoms with Crippen LogP contribution in [0.5, 0.6) is 0 Å². The zero-order valence-electron chi connectivity index (χ0n) is 14.9. The quantitative estimate of drug-likeness (QED) is 0.709. The van der Waals surface area contributed by atoms with Crippen molar-refractivity contribution in [2.24, 2.45) is 28.1 Å². The minimum atomic E-state index is -0.385. The molecule has 2 N–H and O–H groups in total. The summed E-state index contributed by atoms with van der Waals surface area (Å²) in [5.41, 5.74) is 1.66. The van der Waals surface area contributed by atoms with Crippen LogP contribution in [0.2, 0.25) is 0 Å². The highest BCUT2D eigenvalue weighted by Crippen LogP contribution is 2.66. The van der Waals surface area contributed by atoms with E-state index < -0.39 is 0 Å². The summed E-state index contributed by atoms with van der Waals surface area (Å²) in [5.74, 6) is 1.13. The largest absolute Gasteiger partial charge is 0.396 e. The van der Waals surface area contributed by atoms with Crippen molar-refractivity contribution in [3.63, 3.8) is 0 Å². The first-order valence-electron chi connectivity index (χ1n) is 9.21. The molecular formula is C20H34O2. The fourth-order valence-electron chi connectivity index (χ4n) is 6.66. The van der Waals surface area contributed by atoms with Gasteiger partial charge in [0.2, 0.25) is 0 Å². The lowest BCUT2D eigenvalue weighted by atomic mass is 9.42. The Balaban J connectivity index is 2.06. The van der Waals surface area contributed by atoms with Gasteiger partial charge in [-0.2, -0.15) is 0 Å². The lowest BCUT2D eigenvalue weighted by Crippen LogP contribution is -2.59. The van der Waals surface area contributed by atoms with Crippen molar-refractivity contribution in [1.82, 2.24) is 0 Å². The van der Waals surface area contributed by atoms with Gasteiger partial charge in [-0.05, 0) is 68.1 Å². The molecule has 0 aliphatic heterocycles. The molecule has 0 saturated heterocycles. The third-order valence-corrected chi connectivity index (χ3v) is 7.84. The van der Waals surface area contributed by atoms with Crippen molar-refractivity contribution >= 4 is 0 Å². The number of rotatable bonds is 1. The van der Waals surface area contributed by atoms with Gasteiger partial charge in [0.25, 0.3) is 0 Å². The predicted molar refractivity (Wildman–Crippen MR) is 90.5 cm³/mol. The standard InChI is InChI=1S/C20H34O2/c1-14-6-7-16-19(4)10-5-9-18(2,3)15(19)8-11-20(16,13-21)17(22)12-14/h6,15-17,21-22H,5,7-13H2,1-4H3. The molecule has 0 aromatic rings. The van der Waals surface area contributed by atoms with Crippen LogP contribution in [0.1, 0.15) is 72.6 Å². The van der Waals surface area contributed by atoms with Crippen LogP contribution in [0.25, 0.3) is 0 Å². The molecule has 22 heavy (non-hydrogen) atoms. The fourth-order valence-corrected chi connectivity index (χ4v) is 6.66. The van der Waals surface area contributed by atoms with E-state index in [9.17, 15) is 10.2 Å². The Morgan fingerprint density at radius 2 is 1.86 bits per heavy atom. The molecule has 0 aromatic carbocycles. The van der Waals surface area contributed by atoms with Gasteiger partial charge in [0.15, 0.2) is 0 Å². The number of aliphatic hydroxyl groups is 2. The molecule has 5 unspecified atom stereocenters. The van der Waals surface area contributed by atoms with E-state index in [1.807, 2.05) is 0 Å². The van der Waals surface area contributed by atoms with Gasteiger partial charge in [-0.15, -0.1) is 0 Å². The van der Waals surface area contributed by atoms with Crippen LogP contribution < -0.4 is 0 Å². The molecule has 0 amide bonds. The van der Waals surface area contributed by atoms with E-state index in [2.05, 4.69) is 33.8 Å². The molecule has 126 valence electrons. The molecule has 3 aliphatic rings. The average molecular weight is 306 g/mol. The van der Waals surface area contributed by atoms with Gasteiger partial charge in [0.1, 0.15) is 0 Å². The molecule has 2 fully saturated rings. The summed E-state index contributed by atoms with van der Waals surface area (Å²) in [4.78, 5) is 0. The molecule has 0 spiro atoms. The van der Waals surface area contributed by atoms with Gasteiger partial charge in [0, 0.05) is 5.41 Å². The Morgan fingerprint density at radius 1 is 1.14 bits per heavy atom. The second-order valence-corrected chi connectivity index (χ2v) is 9.39. The summed E-state index contributed by atoms with van der Waals surface area (Å²) in [6, 6.07) is 0. The maximum Gasteiger partial charge on any atom is 0.0658 e. The molecule has 2 heteroatoms. The average Bonchev–Trinajstić information content (AvgIpc) is 2.56. The summed E-state index contributed by atoms with van der Waals surface area (Å²) in [6.45, 7) is 9.62. The molecule has 3 rings (SSSR count). The van der Waals surface area contributed by atoms with Crippen LogP contribution in [0.3, 0.4) is 0 Å². The number of hydrogen-bond donors (Lipinski definition) is 2. The molecule has 5 atom stereocenters. The SMILES string of the molecule is CC1=CCC2C3(C)CCCC(C)(C)C3CCC2(CO)C(O)C1. The van der Waals surface area contributed by atoms with E-state index in [4.69, 9.17) is 0 Å². The molecular weight excluding hydrogens is 272 g/mol. The third-order valence-electron chi connectivity index (χ3n) is 7.84. The number of allylic oxidation sites excluding steroid dienone is 1. The third kappa shape index (κ3) is 2.21. The van der Waals surface area contributed by atoms with Crippen molar-refractivity contribution in [2.45, 2.75) is 78.7 Å². The van der Waals surface area contributed by atoms with Crippen LogP contribution in [-0.2, 0) is 0 Å². The Morgan fingerprint density at radius 3 is 2.55 bits per heavy atom. The highest BCUT2D eigenvalue weighted by molar-refractivity contribution is 5.16. The highest BCUT2D eigenvalue weighted by Gasteiger charge is 2.61. The van der Waals surface area contributed by atoms with Crippen molar-refractivity contribution in [1.29, 1.82) is 0 Å². The van der Waals surface area contributed by atoms with Crippen molar-refractivity contribution in [3.05, 3.63) is 11.6 Å². The Bertz CT molecular complexity index is 466. The Hall–Kier alpha value is -0.340. The van der Waals surface area contributed by atoms with E-state index in [0.29, 0.717) is 11.3 Å². The van der Waals surface area contributed by atoms with Crippen LogP contribution in [0.15, 0.2) is 11.6 Å². The van der Waals surface area contributed by atoms with Crippen LogP contribution in [-0.4, -0.2) is 22.9 Å². The van der Waals surface area contributed by atoms with Crippen LogP contribution >= 0.6 is 0 Å². The molecule has 0 aromatic heterocycles. The highest BCUT2D eigenvalue weighted by atomic mass is 16.3. The maximum absolute atomic E-state index is 10.9. The first-order chi connectivity index (χ1) is 10.3. The van der Waals surface area contributed by atoms with E-state index in [-0.39, 0.29) is 23.5 Å². The molecule has 0 radical (unpaired) electrons. The molecule has 0 bridgehead atoms. The molecule has 2 nitrogen and oxygen atoms in total. The summed E-state index contributed by atoms with van der Waals surface area (Å²) >= 11 is 0. The minimum absolute atomic E-state index is 0.142. The first-order valence-corrected chi connectivity index (χ1v) is 9.21. The second kappa shape index (κ2) is 5.34. The van der Waals surface area contributed by atoms with Crippen molar-refractivity contribution in [3.8, 4) is 0 Å². The second-order valence-electron chi connectivity index (χ2n) is 9.39. The number of hydrogen-bond acceptors (Lipinski definition) is 2. The Kier molecular flexibility index (Phi) is 4.01. The smallest absolute Gasteiger partial charge is 0.0658 e. The van der Waals surface area contributed by atoms with Gasteiger partial charge >= 0.3 is 0 Å². The normalized spacial score (nSPS) is 47.9. The minimum Gasteiger partial charge on any atom is -0.396 e. The number of fused-ring (bicyclic) bond motifs is 3. The van der Waals surface area contributed by atoms with E-state index in [1.54, 1.807) is 0 Å². The zero-order chi connectivity index (χ0) is 16.2. The monoisotopic (exact) mass is 306 g/mol. The van der Waals surface area contributed by atoms with Gasteiger partial charge in [0.05, 0.1) is 12.7 Å². The van der Waals surface area contributed by atoms with Gasteiger partial charge < -0.3 is 10.2 Å². The zero-order valence-corrected chi connectivity index (χ0v) is 14.9. The number of aliphatic hydroxyl groups excluding tert-OH is 2. The molecule has 0 heterocycles. The summed E-state index contributed by atoms with van der Waals surface area (Å²) in [6.07, 6.45) is 9.75. The van der Waals surface area contributed by atoms with Gasteiger partial charge in [-0.1, -0.05) is 38.8 Å². The predicted octanol–water partition coefficient (Wildman–Crippen LogP) is 4.31. The Labute approximate surface area is 136 Å². The van der Waals surface area contributed by atoms with E-state index >= 15 is 0 Å². The molecule has 2 saturated carbocycles. The summed E-state index contributed by atoms with van der Waals surface area (Å²) < 4.78 is 0. The maximum atomic E-state index is 10.9. The van der Waals surface area contributed by atoms with Gasteiger partial charge in [-0.25, -0.2) is 0 Å². The summed E-state index contributed by atoms with van der Waals surface area (Å²) in [5, 5.41) is 21.2. The summed E-state index contributed by atoms with van der Waals surface area (Å²) in [7, 11) is 0. The molecule has 3 aliphatic carbocycles. The first kappa shape index (κ1) is 16.5. The fraction of sp³-hybridized carbons (Fsp3) is 0.900. The van der Waals surface area contributed by atoms with Crippen molar-refractivity contribution < 1.29 is 10.2 Å². The lowest BCUT2D eigenvalue weighted by Gasteiger charge is -2.63. The lowest BCUT2D eigenvalue weighted by molar-refractivity contribution is -0.181. The van der Waals surface area contributed by atoms with Crippen LogP contribution in [0, 0.1) is 28.1 Å². The van der Waals surface area contributed by atoms with Gasteiger partial charge in [-0.3, -0.25) is 0 Å². The topological polar surface area (TPSA) is 40.5 Å². The van der Waals surface area contributed by atoms with Crippen molar-refractivity contribution in [2.75, 3.05) is 6.61 Å².